The summed E-state index contributed by atoms with van der Waals surface area (Å²) < 4.78 is 0.667. The van der Waals surface area contributed by atoms with Crippen molar-refractivity contribution >= 4 is 0 Å². The molecule has 0 amide bonds. The molecule has 0 N–H and O–H groups in total. The molecule has 0 saturated carbocycles. The van der Waals surface area contributed by atoms with E-state index in [1.807, 2.05) is 6.20 Å². The molecule has 4 heteroatoms. The van der Waals surface area contributed by atoms with Crippen molar-refractivity contribution in [3.8, 4) is 0 Å². The predicted molar refractivity (Wildman–Crippen MR) is 35.3 cm³/mol. The van der Waals surface area contributed by atoms with Gasteiger partial charge in [0.1, 0.15) is 25.5 Å². The molecule has 0 aromatic rings. The second-order valence-corrected chi connectivity index (χ2v) is 2.12. The van der Waals surface area contributed by atoms with Gasteiger partial charge in [0, 0.05) is 5.22 Å². The molecule has 0 atom stereocenters. The van der Waals surface area contributed by atoms with Gasteiger partial charge in [0.2, 0.25) is 0 Å². The van der Waals surface area contributed by atoms with Crippen LogP contribution < -0.4 is 12.4 Å². The topological polar surface area (TPSA) is 24.7 Å². The molecule has 0 aromatic heterocycles. The van der Waals surface area contributed by atoms with E-state index in [4.69, 9.17) is 0 Å². The van der Waals surface area contributed by atoms with Crippen LogP contribution in [0.4, 0.5) is 0 Å². The highest BCUT2D eigenvalue weighted by atomic mass is 35.5. The lowest BCUT2D eigenvalue weighted by atomic mass is 10.5. The van der Waals surface area contributed by atoms with Crippen LogP contribution in [0.3, 0.4) is 0 Å². The minimum atomic E-state index is 0. The molecule has 58 valence electrons. The van der Waals surface area contributed by atoms with Gasteiger partial charge in [-0.1, -0.05) is 0 Å². The lowest BCUT2D eigenvalue weighted by molar-refractivity contribution is -0.883. The summed E-state index contributed by atoms with van der Waals surface area (Å²) in [4.78, 5) is 0. The first-order valence-corrected chi connectivity index (χ1v) is 3.30. The van der Waals surface area contributed by atoms with Crippen molar-refractivity contribution in [1.29, 1.82) is 0 Å². The molecule has 0 radical (unpaired) electrons. The fourth-order valence-electron chi connectivity index (χ4n) is 0.877. The second kappa shape index (κ2) is 3.68. The summed E-state index contributed by atoms with van der Waals surface area (Å²) in [7, 11) is 0. The minimum absolute atomic E-state index is 0. The molecule has 1 rings (SSSR count). The van der Waals surface area contributed by atoms with Crippen LogP contribution in [0, 0.1) is 0 Å². The molecular weight excluding hydrogens is 150 g/mol. The average molecular weight is 162 g/mol. The number of hydrogen-bond acceptors (Lipinski definition) is 2. The molecule has 0 aliphatic carbocycles. The Kier molecular flexibility index (Phi) is 3.53. The Bertz CT molecular complexity index is 135. The summed E-state index contributed by atoms with van der Waals surface area (Å²) in [6.45, 7) is 6.21. The van der Waals surface area contributed by atoms with Crippen molar-refractivity contribution in [3.05, 3.63) is 12.4 Å². The lowest BCUT2D eigenvalue weighted by Crippen LogP contribution is -3.00. The smallest absolute Gasteiger partial charge is 0.144 e. The van der Waals surface area contributed by atoms with Gasteiger partial charge in [0.15, 0.2) is 0 Å². The van der Waals surface area contributed by atoms with E-state index >= 15 is 0 Å². The third kappa shape index (κ3) is 1.55. The molecule has 0 spiro atoms. The fourth-order valence-corrected chi connectivity index (χ4v) is 0.877. The second-order valence-electron chi connectivity index (χ2n) is 2.12. The van der Waals surface area contributed by atoms with E-state index in [0.717, 1.165) is 13.1 Å². The maximum atomic E-state index is 4.06. The molecule has 3 nitrogen and oxygen atoms in total. The highest BCUT2D eigenvalue weighted by Gasteiger charge is 2.22. The van der Waals surface area contributed by atoms with Gasteiger partial charge in [-0.15, -0.1) is 5.11 Å². The van der Waals surface area contributed by atoms with Crippen LogP contribution in [-0.4, -0.2) is 17.7 Å². The Labute approximate surface area is 67.4 Å². The van der Waals surface area contributed by atoms with Gasteiger partial charge in [-0.2, -0.15) is 4.59 Å². The van der Waals surface area contributed by atoms with E-state index in [9.17, 15) is 0 Å². The third-order valence-electron chi connectivity index (χ3n) is 1.74. The molecular formula is C6H12ClN3. The summed E-state index contributed by atoms with van der Waals surface area (Å²) in [5.41, 5.74) is 0. The van der Waals surface area contributed by atoms with Crippen molar-refractivity contribution in [3.63, 3.8) is 0 Å². The zero-order valence-electron chi connectivity index (χ0n) is 6.29. The molecule has 1 aliphatic rings. The van der Waals surface area contributed by atoms with Gasteiger partial charge < -0.3 is 12.4 Å². The van der Waals surface area contributed by atoms with E-state index in [1.165, 1.54) is 0 Å². The molecule has 0 bridgehead atoms. The van der Waals surface area contributed by atoms with Crippen LogP contribution >= 0.6 is 0 Å². The maximum absolute atomic E-state index is 4.06. The van der Waals surface area contributed by atoms with Gasteiger partial charge in [-0.25, -0.2) is 0 Å². The Balaban J connectivity index is 0.000000810. The van der Waals surface area contributed by atoms with Crippen molar-refractivity contribution in [2.45, 2.75) is 13.8 Å². The van der Waals surface area contributed by atoms with E-state index < -0.39 is 0 Å². The number of quaternary nitrogens is 1. The Morgan fingerprint density at radius 3 is 2.10 bits per heavy atom. The van der Waals surface area contributed by atoms with Crippen LogP contribution in [0.15, 0.2) is 22.7 Å². The first kappa shape index (κ1) is 9.59. The summed E-state index contributed by atoms with van der Waals surface area (Å²) in [6.07, 6.45) is 3.77. The molecule has 0 unspecified atom stereocenters. The van der Waals surface area contributed by atoms with Crippen LogP contribution in [0.25, 0.3) is 0 Å². The first-order valence-electron chi connectivity index (χ1n) is 3.30. The maximum Gasteiger partial charge on any atom is 0.144 e. The molecule has 10 heavy (non-hydrogen) atoms. The summed E-state index contributed by atoms with van der Waals surface area (Å²) >= 11 is 0. The molecule has 1 aliphatic heterocycles. The summed E-state index contributed by atoms with van der Waals surface area (Å²) in [5.74, 6) is 0. The highest BCUT2D eigenvalue weighted by molar-refractivity contribution is 4.72. The van der Waals surface area contributed by atoms with Crippen molar-refractivity contribution in [2.24, 2.45) is 10.3 Å². The van der Waals surface area contributed by atoms with Gasteiger partial charge in [0.05, 0.1) is 0 Å². The van der Waals surface area contributed by atoms with Crippen LogP contribution in [0.1, 0.15) is 13.8 Å². The van der Waals surface area contributed by atoms with Gasteiger partial charge in [-0.05, 0) is 13.8 Å². The Morgan fingerprint density at radius 1 is 1.30 bits per heavy atom. The van der Waals surface area contributed by atoms with E-state index in [1.54, 1.807) is 6.20 Å². The minimum Gasteiger partial charge on any atom is -1.00 e. The quantitative estimate of drug-likeness (QED) is 0.450. The third-order valence-corrected chi connectivity index (χ3v) is 1.74. The molecule has 0 saturated heterocycles. The Hall–Kier alpha value is -0.410. The lowest BCUT2D eigenvalue weighted by Gasteiger charge is -2.19. The SMILES string of the molecule is CC[N+]1(CC)C=CN=N1.[Cl-]. The Morgan fingerprint density at radius 2 is 1.90 bits per heavy atom. The van der Waals surface area contributed by atoms with Crippen molar-refractivity contribution in [1.82, 2.24) is 0 Å². The molecule has 0 fully saturated rings. The standard InChI is InChI=1S/C6H12N3.ClH/c1-3-9(4-2)6-5-7-8-9;/h5-6H,3-4H2,1-2H3;1H/q+1;/p-1. The number of halogens is 1. The number of hydrogen-bond donors (Lipinski definition) is 0. The van der Waals surface area contributed by atoms with Gasteiger partial charge >= 0.3 is 0 Å². The van der Waals surface area contributed by atoms with E-state index in [2.05, 4.69) is 24.2 Å². The van der Waals surface area contributed by atoms with Crippen LogP contribution in [-0.2, 0) is 0 Å². The monoisotopic (exact) mass is 161 g/mol. The highest BCUT2D eigenvalue weighted by Crippen LogP contribution is 2.14. The average Bonchev–Trinajstić information content (AvgIpc) is 2.36. The molecule has 0 aromatic carbocycles. The van der Waals surface area contributed by atoms with Crippen molar-refractivity contribution in [2.75, 3.05) is 13.1 Å². The van der Waals surface area contributed by atoms with E-state index in [0.29, 0.717) is 4.59 Å². The number of rotatable bonds is 2. The van der Waals surface area contributed by atoms with Crippen LogP contribution in [0.2, 0.25) is 0 Å². The summed E-state index contributed by atoms with van der Waals surface area (Å²) in [5, 5.41) is 7.85. The number of nitrogens with zero attached hydrogens (tertiary/aromatic N) is 3. The summed E-state index contributed by atoms with van der Waals surface area (Å²) in [6, 6.07) is 0. The fraction of sp³-hybridized carbons (Fsp3) is 0.667. The normalized spacial score (nSPS) is 19.0. The molecule has 1 heterocycles. The van der Waals surface area contributed by atoms with Crippen molar-refractivity contribution < 1.29 is 17.0 Å². The zero-order valence-corrected chi connectivity index (χ0v) is 7.04. The zero-order chi connectivity index (χ0) is 6.74. The van der Waals surface area contributed by atoms with Crippen LogP contribution in [0.5, 0.6) is 0 Å². The van der Waals surface area contributed by atoms with E-state index in [-0.39, 0.29) is 12.4 Å². The predicted octanol–water partition coefficient (Wildman–Crippen LogP) is -1.30. The first-order chi connectivity index (χ1) is 4.33. The van der Waals surface area contributed by atoms with Gasteiger partial charge in [0.25, 0.3) is 0 Å². The van der Waals surface area contributed by atoms with Gasteiger partial charge in [-0.3, -0.25) is 0 Å². The largest absolute Gasteiger partial charge is 1.00 e.